The molecule has 0 saturated heterocycles. The summed E-state index contributed by atoms with van der Waals surface area (Å²) in [6.45, 7) is 2.96. The van der Waals surface area contributed by atoms with Crippen molar-refractivity contribution in [2.75, 3.05) is 6.61 Å². The first-order chi connectivity index (χ1) is 11.8. The van der Waals surface area contributed by atoms with E-state index in [0.717, 1.165) is 35.6 Å². The van der Waals surface area contributed by atoms with Gasteiger partial charge in [0.15, 0.2) is 0 Å². The number of hydrogen-bond donors (Lipinski definition) is 0. The lowest BCUT2D eigenvalue weighted by Gasteiger charge is -2.22. The Morgan fingerprint density at radius 1 is 1.00 bits per heavy atom. The van der Waals surface area contributed by atoms with Crippen LogP contribution in [0, 0.1) is 6.42 Å². The molecule has 0 bridgehead atoms. The Bertz CT molecular complexity index is 642. The van der Waals surface area contributed by atoms with Gasteiger partial charge in [0.05, 0.1) is 11.1 Å². The van der Waals surface area contributed by atoms with Crippen LogP contribution in [0.2, 0.25) is 0 Å². The van der Waals surface area contributed by atoms with Crippen LogP contribution >= 0.6 is 15.9 Å². The number of unbranched alkanes of at least 4 members (excludes halogenated alkanes) is 1. The highest BCUT2D eigenvalue weighted by Gasteiger charge is 2.15. The standard InChI is InChI=1S/C22H26BrO/c1-2-3-15-24-22-14-13-20(16-21(22)23)19-11-9-18(10-12-19)17-7-5-4-6-8-17/h4,9-14,16-17H,2-3,5-8,15H2,1H3. The van der Waals surface area contributed by atoms with Gasteiger partial charge in [-0.3, -0.25) is 0 Å². The molecule has 0 spiro atoms. The lowest BCUT2D eigenvalue weighted by atomic mass is 9.84. The third-order valence-corrected chi connectivity index (χ3v) is 5.46. The molecule has 1 nitrogen and oxygen atoms in total. The Hall–Kier alpha value is -1.28. The Kier molecular flexibility index (Phi) is 6.37. The van der Waals surface area contributed by atoms with Crippen molar-refractivity contribution in [3.05, 3.63) is 58.9 Å². The van der Waals surface area contributed by atoms with Crippen molar-refractivity contribution < 1.29 is 4.74 Å². The topological polar surface area (TPSA) is 9.23 Å². The molecule has 2 heteroatoms. The monoisotopic (exact) mass is 385 g/mol. The molecule has 2 aromatic rings. The minimum Gasteiger partial charge on any atom is -0.492 e. The van der Waals surface area contributed by atoms with Crippen LogP contribution in [-0.2, 0) is 0 Å². The Labute approximate surface area is 154 Å². The molecule has 127 valence electrons. The zero-order valence-electron chi connectivity index (χ0n) is 14.4. The molecule has 1 aliphatic rings. The normalized spacial score (nSPS) is 15.4. The van der Waals surface area contributed by atoms with E-state index in [1.807, 2.05) is 0 Å². The summed E-state index contributed by atoms with van der Waals surface area (Å²) >= 11 is 3.65. The minimum absolute atomic E-state index is 0.741. The van der Waals surface area contributed by atoms with Crippen LogP contribution in [0.3, 0.4) is 0 Å². The van der Waals surface area contributed by atoms with E-state index in [-0.39, 0.29) is 0 Å². The molecular weight excluding hydrogens is 360 g/mol. The zero-order chi connectivity index (χ0) is 16.8. The van der Waals surface area contributed by atoms with Crippen molar-refractivity contribution >= 4 is 15.9 Å². The van der Waals surface area contributed by atoms with Crippen molar-refractivity contribution in [3.8, 4) is 16.9 Å². The van der Waals surface area contributed by atoms with Crippen molar-refractivity contribution in [3.63, 3.8) is 0 Å². The summed E-state index contributed by atoms with van der Waals surface area (Å²) in [5, 5.41) is 0. The summed E-state index contributed by atoms with van der Waals surface area (Å²) < 4.78 is 6.85. The Morgan fingerprint density at radius 2 is 1.71 bits per heavy atom. The zero-order valence-corrected chi connectivity index (χ0v) is 16.0. The number of halogens is 1. The molecule has 0 amide bonds. The highest BCUT2D eigenvalue weighted by molar-refractivity contribution is 9.10. The molecular formula is C22H26BrO. The largest absolute Gasteiger partial charge is 0.492 e. The van der Waals surface area contributed by atoms with Crippen LogP contribution in [0.4, 0.5) is 0 Å². The van der Waals surface area contributed by atoms with Crippen LogP contribution in [0.1, 0.15) is 56.9 Å². The summed E-state index contributed by atoms with van der Waals surface area (Å²) in [7, 11) is 0. The van der Waals surface area contributed by atoms with Gasteiger partial charge in [-0.2, -0.15) is 0 Å². The fraction of sp³-hybridized carbons (Fsp3) is 0.409. The first kappa shape index (κ1) is 17.5. The van der Waals surface area contributed by atoms with Crippen molar-refractivity contribution in [1.29, 1.82) is 0 Å². The van der Waals surface area contributed by atoms with E-state index in [2.05, 4.69) is 71.7 Å². The quantitative estimate of drug-likeness (QED) is 0.479. The average Bonchev–Trinajstić information content (AvgIpc) is 2.64. The minimum atomic E-state index is 0.741. The molecule has 0 aliphatic heterocycles. The third kappa shape index (κ3) is 4.42. The molecule has 0 atom stereocenters. The molecule has 3 rings (SSSR count). The highest BCUT2D eigenvalue weighted by Crippen LogP contribution is 2.34. The lowest BCUT2D eigenvalue weighted by molar-refractivity contribution is 0.307. The molecule has 1 aliphatic carbocycles. The third-order valence-electron chi connectivity index (χ3n) is 4.84. The van der Waals surface area contributed by atoms with Gasteiger partial charge in [0, 0.05) is 0 Å². The van der Waals surface area contributed by atoms with E-state index in [4.69, 9.17) is 4.74 Å². The predicted octanol–water partition coefficient (Wildman–Crippen LogP) is 7.16. The number of ether oxygens (including phenoxy) is 1. The van der Waals surface area contributed by atoms with Crippen LogP contribution < -0.4 is 4.74 Å². The summed E-state index contributed by atoms with van der Waals surface area (Å²) in [4.78, 5) is 0. The summed E-state index contributed by atoms with van der Waals surface area (Å²) in [5.41, 5.74) is 3.99. The van der Waals surface area contributed by atoms with E-state index in [0.29, 0.717) is 0 Å². The van der Waals surface area contributed by atoms with Crippen LogP contribution in [0.5, 0.6) is 5.75 Å². The van der Waals surface area contributed by atoms with Crippen LogP contribution in [0.25, 0.3) is 11.1 Å². The van der Waals surface area contributed by atoms with Gasteiger partial charge in [0.25, 0.3) is 0 Å². The van der Waals surface area contributed by atoms with Crippen molar-refractivity contribution in [1.82, 2.24) is 0 Å². The predicted molar refractivity (Wildman–Crippen MR) is 105 cm³/mol. The molecule has 0 unspecified atom stereocenters. The highest BCUT2D eigenvalue weighted by atomic mass is 79.9. The fourth-order valence-electron chi connectivity index (χ4n) is 3.33. The maximum Gasteiger partial charge on any atom is 0.133 e. The molecule has 2 aromatic carbocycles. The maximum absolute atomic E-state index is 5.82. The lowest BCUT2D eigenvalue weighted by Crippen LogP contribution is -2.04. The van der Waals surface area contributed by atoms with E-state index < -0.39 is 0 Å². The summed E-state index contributed by atoms with van der Waals surface area (Å²) in [6.07, 6.45) is 9.79. The number of hydrogen-bond acceptors (Lipinski definition) is 1. The van der Waals surface area contributed by atoms with Gasteiger partial charge in [0.1, 0.15) is 5.75 Å². The Morgan fingerprint density at radius 3 is 2.38 bits per heavy atom. The maximum atomic E-state index is 5.82. The summed E-state index contributed by atoms with van der Waals surface area (Å²) in [6, 6.07) is 15.5. The van der Waals surface area contributed by atoms with E-state index >= 15 is 0 Å². The van der Waals surface area contributed by atoms with Crippen molar-refractivity contribution in [2.24, 2.45) is 0 Å². The van der Waals surface area contributed by atoms with Gasteiger partial charge in [-0.1, -0.05) is 43.7 Å². The van der Waals surface area contributed by atoms with Crippen LogP contribution in [-0.4, -0.2) is 6.61 Å². The number of rotatable bonds is 6. The first-order valence-electron chi connectivity index (χ1n) is 9.12. The SMILES string of the molecule is CCCCOc1ccc(-c2ccc(C3CC[CH]CC3)cc2)cc1Br. The smallest absolute Gasteiger partial charge is 0.133 e. The second kappa shape index (κ2) is 8.71. The molecule has 1 fully saturated rings. The van der Waals surface area contributed by atoms with Gasteiger partial charge >= 0.3 is 0 Å². The van der Waals surface area contributed by atoms with E-state index in [1.165, 1.54) is 42.4 Å². The van der Waals surface area contributed by atoms with Gasteiger partial charge in [-0.15, -0.1) is 0 Å². The van der Waals surface area contributed by atoms with Crippen molar-refractivity contribution in [2.45, 2.75) is 51.4 Å². The molecule has 0 heterocycles. The molecule has 24 heavy (non-hydrogen) atoms. The van der Waals surface area contributed by atoms with Gasteiger partial charge in [-0.05, 0) is 89.2 Å². The van der Waals surface area contributed by atoms with E-state index in [1.54, 1.807) is 0 Å². The molecule has 1 radical (unpaired) electrons. The van der Waals surface area contributed by atoms with Gasteiger partial charge in [-0.25, -0.2) is 0 Å². The average molecular weight is 386 g/mol. The second-order valence-corrected chi connectivity index (χ2v) is 7.46. The summed E-state index contributed by atoms with van der Waals surface area (Å²) in [5.74, 6) is 1.67. The van der Waals surface area contributed by atoms with Gasteiger partial charge in [0.2, 0.25) is 0 Å². The van der Waals surface area contributed by atoms with E-state index in [9.17, 15) is 0 Å². The fourth-order valence-corrected chi connectivity index (χ4v) is 3.82. The first-order valence-corrected chi connectivity index (χ1v) is 9.91. The Balaban J connectivity index is 1.70. The second-order valence-electron chi connectivity index (χ2n) is 6.61. The number of benzene rings is 2. The molecule has 0 aromatic heterocycles. The molecule has 1 saturated carbocycles. The van der Waals surface area contributed by atoms with Gasteiger partial charge < -0.3 is 4.74 Å². The van der Waals surface area contributed by atoms with Crippen LogP contribution in [0.15, 0.2) is 46.9 Å². The molecule has 0 N–H and O–H groups in total.